The smallest absolute Gasteiger partial charge is 0.336 e. The number of carboxylic acids is 1. The number of ether oxygens (including phenoxy) is 1. The number of benzene rings is 2. The summed E-state index contributed by atoms with van der Waals surface area (Å²) in [5.41, 5.74) is 2.15. The Morgan fingerprint density at radius 2 is 1.90 bits per heavy atom. The molecule has 2 aromatic rings. The van der Waals surface area contributed by atoms with Gasteiger partial charge in [-0.15, -0.1) is 0 Å². The fourth-order valence-electron chi connectivity index (χ4n) is 4.18. The number of nitrogens with one attached hydrogen (secondary N) is 1. The van der Waals surface area contributed by atoms with Gasteiger partial charge in [0.2, 0.25) is 10.0 Å². The average Bonchev–Trinajstić information content (AvgIpc) is 2.71. The Bertz CT molecular complexity index is 1020. The van der Waals surface area contributed by atoms with E-state index in [1.54, 1.807) is 36.4 Å². The van der Waals surface area contributed by atoms with Crippen LogP contribution in [0.25, 0.3) is 0 Å². The van der Waals surface area contributed by atoms with Crippen molar-refractivity contribution >= 4 is 16.0 Å². The highest BCUT2D eigenvalue weighted by atomic mass is 32.2. The minimum absolute atomic E-state index is 0.0598. The van der Waals surface area contributed by atoms with E-state index in [1.165, 1.54) is 0 Å². The monoisotopic (exact) mass is 430 g/mol. The van der Waals surface area contributed by atoms with Crippen molar-refractivity contribution in [1.29, 1.82) is 0 Å². The first-order valence-electron chi connectivity index (χ1n) is 10.1. The molecule has 2 aliphatic rings. The first-order chi connectivity index (χ1) is 14.3. The van der Waals surface area contributed by atoms with E-state index in [9.17, 15) is 18.3 Å². The first-order valence-corrected chi connectivity index (χ1v) is 11.6. The second-order valence-corrected chi connectivity index (χ2v) is 9.76. The second kappa shape index (κ2) is 8.47. The van der Waals surface area contributed by atoms with E-state index < -0.39 is 16.0 Å². The van der Waals surface area contributed by atoms with Crippen LogP contribution < -0.4 is 4.72 Å². The third kappa shape index (κ3) is 4.41. The summed E-state index contributed by atoms with van der Waals surface area (Å²) in [6.45, 7) is 3.47. The highest BCUT2D eigenvalue weighted by molar-refractivity contribution is 7.89. The van der Waals surface area contributed by atoms with Gasteiger partial charge in [-0.1, -0.05) is 35.9 Å². The molecule has 0 bridgehead atoms. The van der Waals surface area contributed by atoms with Crippen LogP contribution in [0.1, 0.15) is 34.3 Å². The Morgan fingerprint density at radius 3 is 2.60 bits per heavy atom. The predicted molar refractivity (Wildman–Crippen MR) is 112 cm³/mol. The number of carboxylic acid groups (broad SMARTS) is 1. The minimum Gasteiger partial charge on any atom is -0.478 e. The zero-order valence-electron chi connectivity index (χ0n) is 16.8. The molecule has 2 fully saturated rings. The Morgan fingerprint density at radius 1 is 1.17 bits per heavy atom. The Balaban J connectivity index is 1.29. The SMILES string of the molecule is Cc1ccc(S(=O)(=O)NC[C@H]2CC[C@@H]3[C@@H](CN3Cc3ccccc3C(=O)O)O2)cc1. The van der Waals surface area contributed by atoms with Crippen LogP contribution in [-0.2, 0) is 21.3 Å². The highest BCUT2D eigenvalue weighted by Crippen LogP contribution is 2.33. The van der Waals surface area contributed by atoms with Gasteiger partial charge in [-0.3, -0.25) is 4.90 Å². The largest absolute Gasteiger partial charge is 0.478 e. The number of fused-ring (bicyclic) bond motifs is 1. The standard InChI is InChI=1S/C22H26N2O5S/c1-15-6-9-18(10-7-15)30(27,28)23-12-17-8-11-20-21(29-17)14-24(20)13-16-4-2-3-5-19(16)22(25)26/h2-7,9-10,17,20-21,23H,8,11-14H2,1H3,(H,25,26)/t17-,20-,21-/m1/s1. The molecule has 160 valence electrons. The molecule has 2 aliphatic heterocycles. The van der Waals surface area contributed by atoms with Crippen LogP contribution in [0.5, 0.6) is 0 Å². The normalized spacial score (nSPS) is 24.1. The molecule has 0 saturated carbocycles. The molecule has 3 atom stereocenters. The molecular weight excluding hydrogens is 404 g/mol. The summed E-state index contributed by atoms with van der Waals surface area (Å²) in [5.74, 6) is -0.913. The molecule has 2 aromatic carbocycles. The summed E-state index contributed by atoms with van der Waals surface area (Å²) >= 11 is 0. The number of sulfonamides is 1. The topological polar surface area (TPSA) is 95.9 Å². The van der Waals surface area contributed by atoms with Crippen molar-refractivity contribution in [2.45, 2.75) is 49.5 Å². The highest BCUT2D eigenvalue weighted by Gasteiger charge is 2.44. The molecule has 4 rings (SSSR count). The minimum atomic E-state index is -3.55. The van der Waals surface area contributed by atoms with Gasteiger partial charge in [0.1, 0.15) is 0 Å². The van der Waals surface area contributed by atoms with Gasteiger partial charge in [-0.05, 0) is 43.5 Å². The number of likely N-dealkylation sites (tertiary alicyclic amines) is 1. The average molecular weight is 431 g/mol. The predicted octanol–water partition coefficient (Wildman–Crippen LogP) is 2.40. The summed E-state index contributed by atoms with van der Waals surface area (Å²) in [6, 6.07) is 14.1. The van der Waals surface area contributed by atoms with E-state index in [0.29, 0.717) is 12.1 Å². The summed E-state index contributed by atoms with van der Waals surface area (Å²) in [6.07, 6.45) is 1.57. The van der Waals surface area contributed by atoms with E-state index in [4.69, 9.17) is 4.74 Å². The Hall–Kier alpha value is -2.26. The molecule has 0 aliphatic carbocycles. The van der Waals surface area contributed by atoms with Crippen LogP contribution in [0.4, 0.5) is 0 Å². The number of aryl methyl sites for hydroxylation is 1. The van der Waals surface area contributed by atoms with Crippen molar-refractivity contribution in [3.8, 4) is 0 Å². The van der Waals surface area contributed by atoms with Crippen LogP contribution >= 0.6 is 0 Å². The number of hydrogen-bond acceptors (Lipinski definition) is 5. The number of carbonyl (C=O) groups is 1. The van der Waals surface area contributed by atoms with Crippen LogP contribution in [0, 0.1) is 6.92 Å². The lowest BCUT2D eigenvalue weighted by Crippen LogP contribution is -2.64. The Labute approximate surface area is 176 Å². The molecule has 0 radical (unpaired) electrons. The molecule has 2 N–H and O–H groups in total. The fraction of sp³-hybridized carbons (Fsp3) is 0.409. The number of aromatic carboxylic acids is 1. The third-order valence-corrected chi connectivity index (χ3v) is 7.36. The lowest BCUT2D eigenvalue weighted by atomic mass is 9.89. The lowest BCUT2D eigenvalue weighted by molar-refractivity contribution is -0.168. The van der Waals surface area contributed by atoms with Crippen LogP contribution in [0.15, 0.2) is 53.4 Å². The van der Waals surface area contributed by atoms with Crippen molar-refractivity contribution in [1.82, 2.24) is 9.62 Å². The molecule has 2 heterocycles. The maximum absolute atomic E-state index is 12.5. The molecule has 0 spiro atoms. The third-order valence-electron chi connectivity index (χ3n) is 5.92. The van der Waals surface area contributed by atoms with Crippen molar-refractivity contribution < 1.29 is 23.1 Å². The quantitative estimate of drug-likeness (QED) is 0.700. The second-order valence-electron chi connectivity index (χ2n) is 8.00. The van der Waals surface area contributed by atoms with Gasteiger partial charge in [0.25, 0.3) is 0 Å². The number of nitrogens with zero attached hydrogens (tertiary/aromatic N) is 1. The van der Waals surface area contributed by atoms with E-state index in [2.05, 4.69) is 9.62 Å². The van der Waals surface area contributed by atoms with Crippen molar-refractivity contribution in [3.63, 3.8) is 0 Å². The van der Waals surface area contributed by atoms with Crippen LogP contribution in [-0.4, -0.2) is 55.7 Å². The van der Waals surface area contributed by atoms with Crippen molar-refractivity contribution in [3.05, 3.63) is 65.2 Å². The van der Waals surface area contributed by atoms with Gasteiger partial charge >= 0.3 is 5.97 Å². The zero-order valence-corrected chi connectivity index (χ0v) is 17.6. The summed E-state index contributed by atoms with van der Waals surface area (Å²) < 4.78 is 33.7. The van der Waals surface area contributed by atoms with E-state index >= 15 is 0 Å². The molecule has 0 amide bonds. The molecule has 7 nitrogen and oxygen atoms in total. The molecule has 0 unspecified atom stereocenters. The van der Waals surface area contributed by atoms with Gasteiger partial charge in [0.15, 0.2) is 0 Å². The van der Waals surface area contributed by atoms with E-state index in [1.807, 2.05) is 19.1 Å². The Kier molecular flexibility index (Phi) is 5.92. The maximum Gasteiger partial charge on any atom is 0.336 e. The van der Waals surface area contributed by atoms with Gasteiger partial charge in [-0.2, -0.15) is 0 Å². The maximum atomic E-state index is 12.5. The van der Waals surface area contributed by atoms with Crippen LogP contribution in [0.3, 0.4) is 0 Å². The van der Waals surface area contributed by atoms with Gasteiger partial charge in [0, 0.05) is 25.7 Å². The van der Waals surface area contributed by atoms with Crippen LogP contribution in [0.2, 0.25) is 0 Å². The van der Waals surface area contributed by atoms with Crippen molar-refractivity contribution in [2.75, 3.05) is 13.1 Å². The van der Waals surface area contributed by atoms with Gasteiger partial charge < -0.3 is 9.84 Å². The molecule has 8 heteroatoms. The lowest BCUT2D eigenvalue weighted by Gasteiger charge is -2.52. The number of hydrogen-bond donors (Lipinski definition) is 2. The van der Waals surface area contributed by atoms with Gasteiger partial charge in [-0.25, -0.2) is 17.9 Å². The number of rotatable bonds is 7. The summed E-state index contributed by atoms with van der Waals surface area (Å²) in [7, 11) is -3.55. The summed E-state index contributed by atoms with van der Waals surface area (Å²) in [4.78, 5) is 13.9. The molecular formula is C22H26N2O5S. The zero-order chi connectivity index (χ0) is 21.3. The molecule has 2 saturated heterocycles. The molecule has 30 heavy (non-hydrogen) atoms. The molecule has 0 aromatic heterocycles. The van der Waals surface area contributed by atoms with Crippen molar-refractivity contribution in [2.24, 2.45) is 0 Å². The fourth-order valence-corrected chi connectivity index (χ4v) is 5.25. The van der Waals surface area contributed by atoms with E-state index in [0.717, 1.165) is 30.5 Å². The first kappa shape index (κ1) is 21.0. The summed E-state index contributed by atoms with van der Waals surface area (Å²) in [5, 5.41) is 9.36. The van der Waals surface area contributed by atoms with E-state index in [-0.39, 0.29) is 29.7 Å². The van der Waals surface area contributed by atoms with Gasteiger partial charge in [0.05, 0.1) is 22.7 Å².